The Bertz CT molecular complexity index is 3520. The van der Waals surface area contributed by atoms with Gasteiger partial charge >= 0.3 is 0 Å². The third kappa shape index (κ3) is 4.81. The van der Waals surface area contributed by atoms with E-state index in [9.17, 15) is 5.26 Å². The van der Waals surface area contributed by atoms with Crippen molar-refractivity contribution in [1.82, 2.24) is 13.7 Å². The van der Waals surface area contributed by atoms with Gasteiger partial charge in [0.1, 0.15) is 0 Å². The number of aromatic nitrogens is 3. The zero-order valence-electron chi connectivity index (χ0n) is 30.3. The minimum Gasteiger partial charge on any atom is -0.310 e. The molecule has 0 radical (unpaired) electrons. The molecule has 0 N–H and O–H groups in total. The molecule has 0 atom stereocenters. The summed E-state index contributed by atoms with van der Waals surface area (Å²) in [5.41, 5.74) is 12.2. The minimum atomic E-state index is 0.504. The molecule has 0 aliphatic rings. The lowest BCUT2D eigenvalue weighted by Gasteiger charge is -2.14. The normalized spacial score (nSPS) is 11.5. The van der Waals surface area contributed by atoms with E-state index in [1.807, 2.05) is 54.6 Å². The fourth-order valence-corrected chi connectivity index (χ4v) is 8.81. The van der Waals surface area contributed by atoms with Crippen LogP contribution in [0.5, 0.6) is 0 Å². The molecule has 262 valence electrons. The fourth-order valence-electron chi connectivity index (χ4n) is 8.81. The quantitative estimate of drug-likeness (QED) is 0.167. The first-order chi connectivity index (χ1) is 28.1. The van der Waals surface area contributed by atoms with Crippen LogP contribution in [0.15, 0.2) is 170 Å². The lowest BCUT2D eigenvalue weighted by Crippen LogP contribution is -1.98. The molecule has 8 aromatic carbocycles. The van der Waals surface area contributed by atoms with E-state index in [1.165, 1.54) is 10.8 Å². The summed E-state index contributed by atoms with van der Waals surface area (Å²) in [5, 5.41) is 17.1. The molecule has 0 aliphatic heterocycles. The molecule has 0 unspecified atom stereocenters. The number of nitriles is 1. The second-order valence-corrected chi connectivity index (χ2v) is 14.3. The van der Waals surface area contributed by atoms with E-state index in [4.69, 9.17) is 13.1 Å². The van der Waals surface area contributed by atoms with Gasteiger partial charge in [-0.1, -0.05) is 78.9 Å². The van der Waals surface area contributed by atoms with E-state index in [1.54, 1.807) is 0 Å². The number of para-hydroxylation sites is 4. The second kappa shape index (κ2) is 12.3. The number of hydrogen-bond acceptors (Lipinski definition) is 1. The molecule has 0 fully saturated rings. The highest BCUT2D eigenvalue weighted by molar-refractivity contribution is 6.13. The number of benzene rings is 8. The predicted molar refractivity (Wildman–Crippen MR) is 232 cm³/mol. The van der Waals surface area contributed by atoms with Crippen LogP contribution in [-0.4, -0.2) is 13.7 Å². The van der Waals surface area contributed by atoms with Gasteiger partial charge in [0.2, 0.25) is 0 Å². The molecule has 6 heteroatoms. The molecule has 11 aromatic rings. The van der Waals surface area contributed by atoms with Gasteiger partial charge in [0.25, 0.3) is 0 Å². The summed E-state index contributed by atoms with van der Waals surface area (Å²) in [6.45, 7) is 16.0. The summed E-state index contributed by atoms with van der Waals surface area (Å²) >= 11 is 0. The molecular formula is C51H28N6. The fraction of sp³-hybridized carbons (Fsp3) is 0. The number of nitrogens with zero attached hydrogens (tertiary/aromatic N) is 6. The number of rotatable bonds is 4. The van der Waals surface area contributed by atoms with Crippen LogP contribution in [0.4, 0.5) is 11.4 Å². The minimum absolute atomic E-state index is 0.504. The van der Waals surface area contributed by atoms with Crippen LogP contribution in [0.1, 0.15) is 5.56 Å². The maximum atomic E-state index is 10.4. The van der Waals surface area contributed by atoms with E-state index in [0.717, 1.165) is 82.8 Å². The highest BCUT2D eigenvalue weighted by Crippen LogP contribution is 2.40. The monoisotopic (exact) mass is 724 g/mol. The predicted octanol–water partition coefficient (Wildman–Crippen LogP) is 13.6. The Morgan fingerprint density at radius 2 is 0.807 bits per heavy atom. The smallest absolute Gasteiger partial charge is 0.189 e. The third-order valence-electron chi connectivity index (χ3n) is 11.2. The Morgan fingerprint density at radius 1 is 0.368 bits per heavy atom. The number of hydrogen-bond donors (Lipinski definition) is 0. The zero-order chi connectivity index (χ0) is 38.2. The van der Waals surface area contributed by atoms with Crippen LogP contribution in [0, 0.1) is 24.5 Å². The molecule has 6 nitrogen and oxygen atoms in total. The highest BCUT2D eigenvalue weighted by Gasteiger charge is 2.19. The molecule has 0 saturated carbocycles. The van der Waals surface area contributed by atoms with Crippen molar-refractivity contribution >= 4 is 76.8 Å². The van der Waals surface area contributed by atoms with Crippen molar-refractivity contribution in [3.63, 3.8) is 0 Å². The standard InChI is InChI=1S/C51H28N6/c1-53-35-19-21-50-44(29-35)45-30-37(55-46-15-7-3-11-40(46)41-12-4-8-16-47(41)55)20-22-51(45)56(50)38-24-32(31-52)23-33(26-38)34-25-36(54-2)28-39(27-34)57-48-17-9-5-13-42(48)43-14-6-10-18-49(43)57/h3-30H. The molecule has 57 heavy (non-hydrogen) atoms. The van der Waals surface area contributed by atoms with Gasteiger partial charge in [-0.2, -0.15) is 5.26 Å². The average molecular weight is 725 g/mol. The summed E-state index contributed by atoms with van der Waals surface area (Å²) in [7, 11) is 0. The van der Waals surface area contributed by atoms with Crippen LogP contribution in [0.25, 0.3) is 103 Å². The maximum Gasteiger partial charge on any atom is 0.189 e. The molecule has 11 rings (SSSR count). The van der Waals surface area contributed by atoms with Crippen LogP contribution in [0.3, 0.4) is 0 Å². The lowest BCUT2D eigenvalue weighted by molar-refractivity contribution is 1.16. The van der Waals surface area contributed by atoms with Crippen LogP contribution < -0.4 is 0 Å². The summed E-state index contributed by atoms with van der Waals surface area (Å²) in [4.78, 5) is 7.70. The van der Waals surface area contributed by atoms with Gasteiger partial charge in [0, 0.05) is 44.0 Å². The molecule has 0 amide bonds. The van der Waals surface area contributed by atoms with E-state index in [0.29, 0.717) is 16.9 Å². The van der Waals surface area contributed by atoms with Gasteiger partial charge < -0.3 is 13.7 Å². The van der Waals surface area contributed by atoms with E-state index < -0.39 is 0 Å². The molecule has 3 aromatic heterocycles. The van der Waals surface area contributed by atoms with Crippen LogP contribution >= 0.6 is 0 Å². The molecule has 3 heterocycles. The lowest BCUT2D eigenvalue weighted by atomic mass is 10.0. The summed E-state index contributed by atoms with van der Waals surface area (Å²) in [6.07, 6.45) is 0. The highest BCUT2D eigenvalue weighted by atomic mass is 15.0. The second-order valence-electron chi connectivity index (χ2n) is 14.3. The molecule has 0 aliphatic carbocycles. The van der Waals surface area contributed by atoms with Gasteiger partial charge in [0.05, 0.1) is 57.9 Å². The first kappa shape index (κ1) is 32.1. The molecule has 0 saturated heterocycles. The Hall–Kier alpha value is -8.37. The van der Waals surface area contributed by atoms with Crippen molar-refractivity contribution in [3.8, 4) is 34.3 Å². The van der Waals surface area contributed by atoms with Gasteiger partial charge in [-0.25, -0.2) is 9.69 Å². The van der Waals surface area contributed by atoms with Gasteiger partial charge in [0.15, 0.2) is 11.4 Å². The van der Waals surface area contributed by atoms with Crippen molar-refractivity contribution in [1.29, 1.82) is 5.26 Å². The van der Waals surface area contributed by atoms with E-state index in [2.05, 4.69) is 145 Å². The van der Waals surface area contributed by atoms with Gasteiger partial charge in [-0.15, -0.1) is 0 Å². The first-order valence-electron chi connectivity index (χ1n) is 18.6. The van der Waals surface area contributed by atoms with Crippen LogP contribution in [0.2, 0.25) is 0 Å². The Kier molecular flexibility index (Phi) is 6.95. The summed E-state index contributed by atoms with van der Waals surface area (Å²) in [5.74, 6) is 0. The average Bonchev–Trinajstić information content (AvgIpc) is 3.91. The van der Waals surface area contributed by atoms with Crippen molar-refractivity contribution < 1.29 is 0 Å². The van der Waals surface area contributed by atoms with E-state index >= 15 is 0 Å². The molecular weight excluding hydrogens is 697 g/mol. The van der Waals surface area contributed by atoms with Gasteiger partial charge in [-0.05, 0) is 108 Å². The molecule has 0 spiro atoms. The van der Waals surface area contributed by atoms with Crippen molar-refractivity contribution in [2.24, 2.45) is 0 Å². The van der Waals surface area contributed by atoms with Crippen molar-refractivity contribution in [3.05, 3.63) is 198 Å². The molecule has 0 bridgehead atoms. The maximum absolute atomic E-state index is 10.4. The van der Waals surface area contributed by atoms with Crippen molar-refractivity contribution in [2.45, 2.75) is 0 Å². The SMILES string of the molecule is [C-]#[N+]c1cc(-c2cc(C#N)cc(-n3c4ccc([N+]#[C-])cc4c4cc(-n5c6ccccc6c6ccccc65)ccc43)c2)cc(-n2c3ccccc3c3ccccc32)c1. The van der Waals surface area contributed by atoms with E-state index in [-0.39, 0.29) is 0 Å². The summed E-state index contributed by atoms with van der Waals surface area (Å²) < 4.78 is 6.71. The largest absolute Gasteiger partial charge is 0.310 e. The topological polar surface area (TPSA) is 47.3 Å². The van der Waals surface area contributed by atoms with Gasteiger partial charge in [-0.3, -0.25) is 0 Å². The summed E-state index contributed by atoms with van der Waals surface area (Å²) in [6, 6.07) is 60.2. The number of fused-ring (bicyclic) bond motifs is 9. The van der Waals surface area contributed by atoms with Crippen molar-refractivity contribution in [2.75, 3.05) is 0 Å². The zero-order valence-corrected chi connectivity index (χ0v) is 30.3. The van der Waals surface area contributed by atoms with Crippen LogP contribution in [-0.2, 0) is 0 Å². The Labute approximate surface area is 327 Å². The Morgan fingerprint density at radius 3 is 1.33 bits per heavy atom. The first-order valence-corrected chi connectivity index (χ1v) is 18.6. The third-order valence-corrected chi connectivity index (χ3v) is 11.2. The Balaban J connectivity index is 1.14.